The van der Waals surface area contributed by atoms with Crippen molar-refractivity contribution in [2.45, 2.75) is 58.0 Å². The quantitative estimate of drug-likeness (QED) is 0.619. The minimum atomic E-state index is 0.549. The zero-order chi connectivity index (χ0) is 10.1. The van der Waals surface area contributed by atoms with Gasteiger partial charge in [-0.1, -0.05) is 6.92 Å². The molecule has 0 amide bonds. The van der Waals surface area contributed by atoms with E-state index in [0.29, 0.717) is 5.54 Å². The Hall–Kier alpha value is -0.0400. The molecule has 3 unspecified atom stereocenters. The summed E-state index contributed by atoms with van der Waals surface area (Å²) < 4.78 is 0. The fourth-order valence-electron chi connectivity index (χ4n) is 5.15. The smallest absolute Gasteiger partial charge is 0.0245 e. The number of hydrogen-bond acceptors (Lipinski definition) is 1. The van der Waals surface area contributed by atoms with Gasteiger partial charge in [0.05, 0.1) is 0 Å². The fourth-order valence-corrected chi connectivity index (χ4v) is 5.15. The highest BCUT2D eigenvalue weighted by Crippen LogP contribution is 2.82. The zero-order valence-electron chi connectivity index (χ0n) is 10.0. The maximum atomic E-state index is 2.69. The first-order valence-corrected chi connectivity index (χ1v) is 6.31. The third-order valence-corrected chi connectivity index (χ3v) is 6.24. The van der Waals surface area contributed by atoms with Gasteiger partial charge >= 0.3 is 0 Å². The van der Waals surface area contributed by atoms with Gasteiger partial charge in [-0.05, 0) is 63.8 Å². The lowest BCUT2D eigenvalue weighted by Crippen LogP contribution is -2.60. The summed E-state index contributed by atoms with van der Waals surface area (Å²) in [6.45, 7) is 7.34. The summed E-state index contributed by atoms with van der Waals surface area (Å²) in [6, 6.07) is 0.803. The van der Waals surface area contributed by atoms with Crippen LogP contribution in [0.5, 0.6) is 0 Å². The van der Waals surface area contributed by atoms with Crippen LogP contribution in [0.2, 0.25) is 0 Å². The van der Waals surface area contributed by atoms with Crippen LogP contribution in [0.4, 0.5) is 0 Å². The van der Waals surface area contributed by atoms with Crippen molar-refractivity contribution in [2.75, 3.05) is 7.05 Å². The summed E-state index contributed by atoms with van der Waals surface area (Å²) in [5, 5.41) is 0. The molecule has 0 aromatic carbocycles. The van der Waals surface area contributed by atoms with Crippen molar-refractivity contribution in [2.24, 2.45) is 17.3 Å². The monoisotopic (exact) mass is 193 g/mol. The first-order chi connectivity index (χ1) is 6.58. The second-order valence-electron chi connectivity index (χ2n) is 6.12. The van der Waals surface area contributed by atoms with E-state index in [1.165, 1.54) is 25.7 Å². The predicted molar refractivity (Wildman–Crippen MR) is 59.2 cm³/mol. The number of fused-ring (bicyclic) bond motifs is 1. The Morgan fingerprint density at radius 1 is 1.29 bits per heavy atom. The summed E-state index contributed by atoms with van der Waals surface area (Å²) in [7, 11) is 2.36. The maximum absolute atomic E-state index is 2.69. The largest absolute Gasteiger partial charge is 0.298 e. The molecule has 0 radical (unpaired) electrons. The molecule has 1 nitrogen and oxygen atoms in total. The highest BCUT2D eigenvalue weighted by Gasteiger charge is 2.81. The molecule has 5 atom stereocenters. The van der Waals surface area contributed by atoms with E-state index in [0.717, 1.165) is 23.3 Å². The molecule has 1 saturated heterocycles. The first-order valence-electron chi connectivity index (χ1n) is 6.31. The third kappa shape index (κ3) is 0.680. The molecule has 1 heteroatoms. The minimum absolute atomic E-state index is 0.549. The Kier molecular flexibility index (Phi) is 1.56. The van der Waals surface area contributed by atoms with E-state index in [9.17, 15) is 0 Å². The molecule has 0 bridgehead atoms. The Labute approximate surface area is 87.9 Å². The van der Waals surface area contributed by atoms with Crippen LogP contribution in [0.1, 0.15) is 46.5 Å². The van der Waals surface area contributed by atoms with Gasteiger partial charge in [-0.3, -0.25) is 4.90 Å². The lowest BCUT2D eigenvalue weighted by molar-refractivity contribution is -0.0455. The van der Waals surface area contributed by atoms with E-state index < -0.39 is 0 Å². The van der Waals surface area contributed by atoms with E-state index in [-0.39, 0.29) is 0 Å². The number of likely N-dealkylation sites (tertiary alicyclic amines) is 1. The van der Waals surface area contributed by atoms with Crippen LogP contribution in [0, 0.1) is 17.3 Å². The summed E-state index contributed by atoms with van der Waals surface area (Å²) in [6.07, 6.45) is 5.82. The van der Waals surface area contributed by atoms with Gasteiger partial charge in [0.2, 0.25) is 0 Å². The van der Waals surface area contributed by atoms with Crippen molar-refractivity contribution >= 4 is 0 Å². The molecule has 3 fully saturated rings. The van der Waals surface area contributed by atoms with Crippen LogP contribution >= 0.6 is 0 Å². The van der Waals surface area contributed by atoms with Crippen LogP contribution < -0.4 is 0 Å². The summed E-state index contributed by atoms with van der Waals surface area (Å²) in [4.78, 5) is 2.69. The Morgan fingerprint density at radius 3 is 2.64 bits per heavy atom. The molecule has 0 aromatic rings. The van der Waals surface area contributed by atoms with Crippen LogP contribution in [-0.2, 0) is 0 Å². The van der Waals surface area contributed by atoms with Gasteiger partial charge in [0.1, 0.15) is 0 Å². The van der Waals surface area contributed by atoms with E-state index in [2.05, 4.69) is 32.7 Å². The molecule has 3 rings (SSSR count). The number of hydrogen-bond donors (Lipinski definition) is 0. The van der Waals surface area contributed by atoms with Gasteiger partial charge in [-0.2, -0.15) is 0 Å². The molecule has 0 N–H and O–H groups in total. The lowest BCUT2D eigenvalue weighted by atomic mass is 9.64. The zero-order valence-corrected chi connectivity index (χ0v) is 10.0. The van der Waals surface area contributed by atoms with Gasteiger partial charge in [0, 0.05) is 11.6 Å². The third-order valence-electron chi connectivity index (χ3n) is 6.24. The van der Waals surface area contributed by atoms with Crippen LogP contribution in [0.15, 0.2) is 0 Å². The second-order valence-corrected chi connectivity index (χ2v) is 6.12. The van der Waals surface area contributed by atoms with Crippen LogP contribution in [0.3, 0.4) is 0 Å². The Balaban J connectivity index is 1.98. The average molecular weight is 193 g/mol. The predicted octanol–water partition coefficient (Wildman–Crippen LogP) is 2.91. The molecular weight excluding hydrogens is 170 g/mol. The van der Waals surface area contributed by atoms with Gasteiger partial charge < -0.3 is 0 Å². The molecule has 3 aliphatic rings. The van der Waals surface area contributed by atoms with E-state index >= 15 is 0 Å². The summed E-state index contributed by atoms with van der Waals surface area (Å²) in [5.41, 5.74) is 1.29. The first kappa shape index (κ1) is 9.21. The number of nitrogens with zero attached hydrogens (tertiary/aromatic N) is 1. The van der Waals surface area contributed by atoms with Gasteiger partial charge in [-0.25, -0.2) is 0 Å². The van der Waals surface area contributed by atoms with Gasteiger partial charge in [-0.15, -0.1) is 0 Å². The normalized spacial score (nSPS) is 61.3. The van der Waals surface area contributed by atoms with Crippen molar-refractivity contribution in [1.82, 2.24) is 4.90 Å². The Morgan fingerprint density at radius 2 is 2.00 bits per heavy atom. The summed E-state index contributed by atoms with van der Waals surface area (Å²) >= 11 is 0. The van der Waals surface area contributed by atoms with Crippen molar-refractivity contribution in [1.29, 1.82) is 0 Å². The highest BCUT2D eigenvalue weighted by molar-refractivity contribution is 5.32. The van der Waals surface area contributed by atoms with E-state index in [4.69, 9.17) is 0 Å². The molecule has 2 saturated carbocycles. The number of rotatable bonds is 1. The summed E-state index contributed by atoms with van der Waals surface area (Å²) in [5.74, 6) is 2.19. The van der Waals surface area contributed by atoms with Crippen molar-refractivity contribution in [3.63, 3.8) is 0 Å². The molecule has 0 aromatic heterocycles. The molecule has 14 heavy (non-hydrogen) atoms. The van der Waals surface area contributed by atoms with E-state index in [1.54, 1.807) is 0 Å². The van der Waals surface area contributed by atoms with Gasteiger partial charge in [0.15, 0.2) is 0 Å². The Bertz CT molecular complexity index is 274. The van der Waals surface area contributed by atoms with Gasteiger partial charge in [0.25, 0.3) is 0 Å². The van der Waals surface area contributed by atoms with Crippen molar-refractivity contribution in [3.05, 3.63) is 0 Å². The van der Waals surface area contributed by atoms with Crippen LogP contribution in [0.25, 0.3) is 0 Å². The van der Waals surface area contributed by atoms with E-state index in [1.807, 2.05) is 0 Å². The molecule has 1 aliphatic heterocycles. The molecule has 2 aliphatic carbocycles. The standard InChI is InChI=1S/C13H23N/c1-5-13-10-7-6-9(2)14(4)12(13,3)8-11(10)13/h9-11H,5-8H2,1-4H3/t9?,10?,11?,12-,13-/m0/s1. The molecule has 1 heterocycles. The fraction of sp³-hybridized carbons (Fsp3) is 1.00. The second kappa shape index (κ2) is 2.37. The molecule has 0 spiro atoms. The van der Waals surface area contributed by atoms with Crippen LogP contribution in [-0.4, -0.2) is 23.5 Å². The topological polar surface area (TPSA) is 3.24 Å². The maximum Gasteiger partial charge on any atom is 0.0245 e. The lowest BCUT2D eigenvalue weighted by Gasteiger charge is -2.54. The molecular formula is C13H23N. The minimum Gasteiger partial charge on any atom is -0.298 e. The average Bonchev–Trinajstić information content (AvgIpc) is 2.73. The highest BCUT2D eigenvalue weighted by atomic mass is 15.3. The SMILES string of the molecule is CC[C@@]12C3CCC(C)N(C)[C@@]1(C)CC32. The molecule has 80 valence electrons. The van der Waals surface area contributed by atoms with Crippen molar-refractivity contribution < 1.29 is 0 Å². The van der Waals surface area contributed by atoms with Crippen molar-refractivity contribution in [3.8, 4) is 0 Å².